The first kappa shape index (κ1) is 12.0. The Morgan fingerprint density at radius 3 is 2.68 bits per heavy atom. The minimum Gasteiger partial charge on any atom is -0.348 e. The Kier molecular flexibility index (Phi) is 3.37. The molecule has 7 heteroatoms. The highest BCUT2D eigenvalue weighted by molar-refractivity contribution is 5.29. The van der Waals surface area contributed by atoms with E-state index >= 15 is 0 Å². The van der Waals surface area contributed by atoms with E-state index in [4.69, 9.17) is 0 Å². The fraction of sp³-hybridized carbons (Fsp3) is 0.417. The molecule has 1 aliphatic heterocycles. The third-order valence-electron chi connectivity index (χ3n) is 3.19. The van der Waals surface area contributed by atoms with E-state index in [2.05, 4.69) is 24.8 Å². The number of piperazine rings is 1. The summed E-state index contributed by atoms with van der Waals surface area (Å²) in [5.74, 6) is 0.955. The number of hydrogen-bond acceptors (Lipinski definition) is 5. The van der Waals surface area contributed by atoms with E-state index in [-0.39, 0.29) is 0 Å². The molecule has 0 amide bonds. The Morgan fingerprint density at radius 1 is 1.16 bits per heavy atom. The summed E-state index contributed by atoms with van der Waals surface area (Å²) >= 11 is 0. The second kappa shape index (κ2) is 5.31. The number of hydrogen-bond donors (Lipinski definition) is 1. The molecular weight excluding hydrogens is 247 g/mol. The van der Waals surface area contributed by atoms with Crippen LogP contribution < -0.4 is 4.90 Å². The topological polar surface area (TPSA) is 60.9 Å². The lowest BCUT2D eigenvalue weighted by Crippen LogP contribution is -2.46. The highest BCUT2D eigenvalue weighted by atomic mass is 19.1. The lowest BCUT2D eigenvalue weighted by molar-refractivity contribution is 0.243. The van der Waals surface area contributed by atoms with Crippen molar-refractivity contribution in [3.8, 4) is 0 Å². The van der Waals surface area contributed by atoms with Gasteiger partial charge in [0.1, 0.15) is 5.82 Å². The molecule has 0 saturated carbocycles. The molecule has 6 nitrogen and oxygen atoms in total. The monoisotopic (exact) mass is 262 g/mol. The lowest BCUT2D eigenvalue weighted by atomic mass is 10.3. The highest BCUT2D eigenvalue weighted by Crippen LogP contribution is 2.11. The maximum atomic E-state index is 13.1. The third kappa shape index (κ3) is 2.87. The largest absolute Gasteiger partial charge is 0.348 e. The predicted molar refractivity (Wildman–Crippen MR) is 68.1 cm³/mol. The van der Waals surface area contributed by atoms with Gasteiger partial charge in [0.2, 0.25) is 11.9 Å². The average Bonchev–Trinajstić information content (AvgIpc) is 2.92. The van der Waals surface area contributed by atoms with Gasteiger partial charge in [-0.1, -0.05) is 0 Å². The van der Waals surface area contributed by atoms with Crippen molar-refractivity contribution in [3.05, 3.63) is 36.4 Å². The number of aromatic nitrogens is 4. The number of aromatic amines is 1. The predicted octanol–water partition coefficient (Wildman–Crippen LogP) is 0.661. The van der Waals surface area contributed by atoms with E-state index in [1.807, 2.05) is 11.1 Å². The van der Waals surface area contributed by atoms with E-state index in [1.54, 1.807) is 6.20 Å². The van der Waals surface area contributed by atoms with Gasteiger partial charge in [0, 0.05) is 50.8 Å². The summed E-state index contributed by atoms with van der Waals surface area (Å²) < 4.78 is 13.1. The van der Waals surface area contributed by atoms with Crippen molar-refractivity contribution in [2.45, 2.75) is 6.54 Å². The maximum absolute atomic E-state index is 13.1. The first-order chi connectivity index (χ1) is 9.31. The molecule has 1 fully saturated rings. The van der Waals surface area contributed by atoms with Gasteiger partial charge in [0.15, 0.2) is 0 Å². The van der Waals surface area contributed by atoms with E-state index in [1.165, 1.54) is 12.3 Å². The Hall–Kier alpha value is -2.02. The van der Waals surface area contributed by atoms with Crippen molar-refractivity contribution in [2.24, 2.45) is 0 Å². The van der Waals surface area contributed by atoms with Crippen molar-refractivity contribution in [3.63, 3.8) is 0 Å². The van der Waals surface area contributed by atoms with Gasteiger partial charge in [0.25, 0.3) is 0 Å². The van der Waals surface area contributed by atoms with Gasteiger partial charge in [0.05, 0.1) is 6.54 Å². The molecule has 2 aromatic rings. The summed E-state index contributed by atoms with van der Waals surface area (Å²) in [6.07, 6.45) is 5.03. The molecule has 1 N–H and O–H groups in total. The standard InChI is InChI=1S/C12H15FN6/c13-10-1-2-16-12(17-10)19-7-5-18(6-8-19)9-11-14-3-4-15-11/h1-4H,5-9H2,(H,14,15). The number of halogens is 1. The molecule has 0 aromatic carbocycles. The van der Waals surface area contributed by atoms with Gasteiger partial charge >= 0.3 is 0 Å². The zero-order chi connectivity index (χ0) is 13.1. The van der Waals surface area contributed by atoms with Crippen LogP contribution >= 0.6 is 0 Å². The minimum absolute atomic E-state index is 0.470. The summed E-state index contributed by atoms with van der Waals surface area (Å²) in [7, 11) is 0. The maximum Gasteiger partial charge on any atom is 0.228 e. The van der Waals surface area contributed by atoms with Crippen molar-refractivity contribution in [2.75, 3.05) is 31.1 Å². The van der Waals surface area contributed by atoms with E-state index in [0.717, 1.165) is 38.5 Å². The van der Waals surface area contributed by atoms with Gasteiger partial charge < -0.3 is 9.88 Å². The molecule has 3 heterocycles. The molecule has 100 valence electrons. The molecule has 1 aliphatic rings. The van der Waals surface area contributed by atoms with Crippen LogP contribution in [0, 0.1) is 5.95 Å². The number of nitrogens with zero attached hydrogens (tertiary/aromatic N) is 5. The fourth-order valence-corrected chi connectivity index (χ4v) is 2.18. The number of imidazole rings is 1. The Bertz CT molecular complexity index is 521. The van der Waals surface area contributed by atoms with Crippen molar-refractivity contribution in [1.29, 1.82) is 0 Å². The summed E-state index contributed by atoms with van der Waals surface area (Å²) in [6, 6.07) is 1.26. The van der Waals surface area contributed by atoms with Crippen molar-refractivity contribution < 1.29 is 4.39 Å². The lowest BCUT2D eigenvalue weighted by Gasteiger charge is -2.34. The minimum atomic E-state index is -0.483. The van der Waals surface area contributed by atoms with Crippen LogP contribution in [-0.2, 0) is 6.54 Å². The highest BCUT2D eigenvalue weighted by Gasteiger charge is 2.19. The Labute approximate surface area is 110 Å². The number of H-pyrrole nitrogens is 1. The molecule has 1 saturated heterocycles. The Morgan fingerprint density at radius 2 is 2.00 bits per heavy atom. The van der Waals surface area contributed by atoms with Gasteiger partial charge in [-0.25, -0.2) is 9.97 Å². The van der Waals surface area contributed by atoms with Crippen molar-refractivity contribution >= 4 is 5.95 Å². The molecule has 0 unspecified atom stereocenters. The van der Waals surface area contributed by atoms with Crippen LogP contribution in [0.1, 0.15) is 5.82 Å². The molecular formula is C12H15FN6. The van der Waals surface area contributed by atoms with Crippen LogP contribution in [0.4, 0.5) is 10.3 Å². The molecule has 2 aromatic heterocycles. The summed E-state index contributed by atoms with van der Waals surface area (Å²) in [4.78, 5) is 19.5. The summed E-state index contributed by atoms with van der Waals surface area (Å²) in [6.45, 7) is 4.18. The van der Waals surface area contributed by atoms with Gasteiger partial charge in [-0.05, 0) is 0 Å². The summed E-state index contributed by atoms with van der Waals surface area (Å²) in [5, 5.41) is 0. The summed E-state index contributed by atoms with van der Waals surface area (Å²) in [5.41, 5.74) is 0. The molecule has 0 bridgehead atoms. The first-order valence-electron chi connectivity index (χ1n) is 6.25. The van der Waals surface area contributed by atoms with Gasteiger partial charge in [-0.2, -0.15) is 9.37 Å². The zero-order valence-electron chi connectivity index (χ0n) is 10.5. The van der Waals surface area contributed by atoms with Crippen LogP contribution in [0.5, 0.6) is 0 Å². The molecule has 0 atom stereocenters. The molecule has 0 aliphatic carbocycles. The molecule has 0 spiro atoms. The van der Waals surface area contributed by atoms with E-state index in [0.29, 0.717) is 5.95 Å². The van der Waals surface area contributed by atoms with E-state index in [9.17, 15) is 4.39 Å². The number of rotatable bonds is 3. The van der Waals surface area contributed by atoms with E-state index < -0.39 is 5.95 Å². The first-order valence-corrected chi connectivity index (χ1v) is 6.25. The van der Waals surface area contributed by atoms with Crippen LogP contribution in [0.25, 0.3) is 0 Å². The van der Waals surface area contributed by atoms with Crippen LogP contribution in [0.15, 0.2) is 24.7 Å². The smallest absolute Gasteiger partial charge is 0.228 e. The molecule has 19 heavy (non-hydrogen) atoms. The van der Waals surface area contributed by atoms with Crippen LogP contribution in [0.3, 0.4) is 0 Å². The third-order valence-corrected chi connectivity index (χ3v) is 3.19. The number of nitrogens with one attached hydrogen (secondary N) is 1. The SMILES string of the molecule is Fc1ccnc(N2CCN(Cc3ncc[nH]3)CC2)n1. The van der Waals surface area contributed by atoms with Crippen LogP contribution in [0.2, 0.25) is 0 Å². The van der Waals surface area contributed by atoms with Crippen molar-refractivity contribution in [1.82, 2.24) is 24.8 Å². The number of anilines is 1. The van der Waals surface area contributed by atoms with Crippen LogP contribution in [-0.4, -0.2) is 51.0 Å². The average molecular weight is 262 g/mol. The fourth-order valence-electron chi connectivity index (χ4n) is 2.18. The van der Waals surface area contributed by atoms with Gasteiger partial charge in [-0.3, -0.25) is 4.90 Å². The second-order valence-electron chi connectivity index (χ2n) is 4.48. The zero-order valence-corrected chi connectivity index (χ0v) is 10.5. The Balaban J connectivity index is 1.57. The second-order valence-corrected chi connectivity index (χ2v) is 4.48. The van der Waals surface area contributed by atoms with Gasteiger partial charge in [-0.15, -0.1) is 0 Å². The quantitative estimate of drug-likeness (QED) is 0.823. The molecule has 3 rings (SSSR count). The molecule has 0 radical (unpaired) electrons. The normalized spacial score (nSPS) is 16.8.